The van der Waals surface area contributed by atoms with Crippen LogP contribution in [0.1, 0.15) is 49.3 Å². The number of hydrogen-bond donors (Lipinski definition) is 0. The van der Waals surface area contributed by atoms with Crippen LogP contribution in [0.4, 0.5) is 0 Å². The van der Waals surface area contributed by atoms with Crippen molar-refractivity contribution in [2.75, 3.05) is 0 Å². The van der Waals surface area contributed by atoms with Crippen LogP contribution in [-0.4, -0.2) is 9.55 Å². The molecule has 1 fully saturated rings. The number of nitrogens with zero attached hydrogens (tertiary/aromatic N) is 2. The first-order chi connectivity index (χ1) is 11.9. The van der Waals surface area contributed by atoms with Crippen molar-refractivity contribution in [3.63, 3.8) is 0 Å². The first kappa shape index (κ1) is 15.2. The molecule has 0 amide bonds. The maximum atomic E-state index is 4.42. The maximum Gasteiger partial charge on any atom is 0.0951 e. The highest BCUT2D eigenvalue weighted by Gasteiger charge is 2.18. The van der Waals surface area contributed by atoms with Crippen LogP contribution >= 0.6 is 0 Å². The highest BCUT2D eigenvalue weighted by Crippen LogP contribution is 2.32. The molecular weight excluding hydrogens is 292 g/mol. The van der Waals surface area contributed by atoms with E-state index in [-0.39, 0.29) is 0 Å². The molecule has 1 aliphatic rings. The SMILES string of the molecule is c1ccc(-c2ccc(Cn3cncc3C3CCCCC3)cc2)cc1. The van der Waals surface area contributed by atoms with E-state index in [1.807, 2.05) is 6.33 Å². The Labute approximate surface area is 144 Å². The summed E-state index contributed by atoms with van der Waals surface area (Å²) in [6.07, 6.45) is 10.8. The van der Waals surface area contributed by atoms with Crippen molar-refractivity contribution in [1.82, 2.24) is 9.55 Å². The third kappa shape index (κ3) is 3.28. The summed E-state index contributed by atoms with van der Waals surface area (Å²) in [6, 6.07) is 19.5. The molecule has 3 aromatic rings. The molecule has 2 aromatic carbocycles. The van der Waals surface area contributed by atoms with Crippen LogP contribution in [0.25, 0.3) is 11.1 Å². The van der Waals surface area contributed by atoms with Gasteiger partial charge >= 0.3 is 0 Å². The highest BCUT2D eigenvalue weighted by atomic mass is 15.0. The second-order valence-electron chi connectivity index (χ2n) is 6.84. The molecule has 0 N–H and O–H groups in total. The number of benzene rings is 2. The minimum Gasteiger partial charge on any atom is -0.330 e. The van der Waals surface area contributed by atoms with Gasteiger partial charge in [-0.05, 0) is 29.5 Å². The van der Waals surface area contributed by atoms with E-state index in [2.05, 4.69) is 70.3 Å². The molecule has 2 nitrogen and oxygen atoms in total. The molecule has 0 radical (unpaired) electrons. The fourth-order valence-corrected chi connectivity index (χ4v) is 3.83. The number of imidazole rings is 1. The second kappa shape index (κ2) is 7.04. The zero-order chi connectivity index (χ0) is 16.2. The van der Waals surface area contributed by atoms with Gasteiger partial charge < -0.3 is 4.57 Å². The molecule has 24 heavy (non-hydrogen) atoms. The van der Waals surface area contributed by atoms with Crippen molar-refractivity contribution in [3.05, 3.63) is 78.4 Å². The van der Waals surface area contributed by atoms with Gasteiger partial charge in [0.25, 0.3) is 0 Å². The van der Waals surface area contributed by atoms with E-state index < -0.39 is 0 Å². The van der Waals surface area contributed by atoms with Crippen molar-refractivity contribution < 1.29 is 0 Å². The van der Waals surface area contributed by atoms with Gasteiger partial charge in [-0.15, -0.1) is 0 Å². The topological polar surface area (TPSA) is 17.8 Å². The summed E-state index contributed by atoms with van der Waals surface area (Å²) in [4.78, 5) is 4.42. The van der Waals surface area contributed by atoms with Crippen molar-refractivity contribution in [2.45, 2.75) is 44.6 Å². The van der Waals surface area contributed by atoms with Gasteiger partial charge in [-0.2, -0.15) is 0 Å². The largest absolute Gasteiger partial charge is 0.330 e. The lowest BCUT2D eigenvalue weighted by Crippen LogP contribution is -2.11. The summed E-state index contributed by atoms with van der Waals surface area (Å²) in [5, 5.41) is 0. The number of aromatic nitrogens is 2. The minimum absolute atomic E-state index is 0.699. The lowest BCUT2D eigenvalue weighted by atomic mass is 9.87. The molecule has 1 heterocycles. The molecule has 4 rings (SSSR count). The third-order valence-electron chi connectivity index (χ3n) is 5.18. The van der Waals surface area contributed by atoms with Crippen LogP contribution in [0.2, 0.25) is 0 Å². The van der Waals surface area contributed by atoms with Gasteiger partial charge in [0.2, 0.25) is 0 Å². The van der Waals surface area contributed by atoms with E-state index >= 15 is 0 Å². The molecule has 0 atom stereocenters. The van der Waals surface area contributed by atoms with Gasteiger partial charge in [0.05, 0.1) is 6.33 Å². The summed E-state index contributed by atoms with van der Waals surface area (Å²) >= 11 is 0. The Morgan fingerprint density at radius 3 is 2.29 bits per heavy atom. The van der Waals surface area contributed by atoms with Crippen LogP contribution in [-0.2, 0) is 6.54 Å². The van der Waals surface area contributed by atoms with E-state index in [9.17, 15) is 0 Å². The third-order valence-corrected chi connectivity index (χ3v) is 5.18. The van der Waals surface area contributed by atoms with Crippen LogP contribution in [0.15, 0.2) is 67.1 Å². The van der Waals surface area contributed by atoms with Crippen LogP contribution in [0.5, 0.6) is 0 Å². The molecule has 1 aliphatic carbocycles. The molecular formula is C22H24N2. The molecule has 1 aromatic heterocycles. The molecule has 0 unspecified atom stereocenters. The molecule has 0 saturated heterocycles. The van der Waals surface area contributed by atoms with Crippen molar-refractivity contribution >= 4 is 0 Å². The van der Waals surface area contributed by atoms with Crippen LogP contribution < -0.4 is 0 Å². The average Bonchev–Trinajstić information content (AvgIpc) is 3.12. The fourth-order valence-electron chi connectivity index (χ4n) is 3.83. The maximum absolute atomic E-state index is 4.42. The van der Waals surface area contributed by atoms with Crippen molar-refractivity contribution in [1.29, 1.82) is 0 Å². The van der Waals surface area contributed by atoms with E-state index in [0.29, 0.717) is 5.92 Å². The number of hydrogen-bond acceptors (Lipinski definition) is 1. The van der Waals surface area contributed by atoms with Gasteiger partial charge in [-0.3, -0.25) is 0 Å². The van der Waals surface area contributed by atoms with Gasteiger partial charge in [-0.25, -0.2) is 4.98 Å². The lowest BCUT2D eigenvalue weighted by Gasteiger charge is -2.22. The smallest absolute Gasteiger partial charge is 0.0951 e. The molecule has 0 bridgehead atoms. The van der Waals surface area contributed by atoms with Gasteiger partial charge in [-0.1, -0.05) is 73.9 Å². The van der Waals surface area contributed by atoms with E-state index in [4.69, 9.17) is 0 Å². The summed E-state index contributed by atoms with van der Waals surface area (Å²) in [6.45, 7) is 0.918. The Morgan fingerprint density at radius 1 is 0.833 bits per heavy atom. The Morgan fingerprint density at radius 2 is 1.54 bits per heavy atom. The second-order valence-corrected chi connectivity index (χ2v) is 6.84. The van der Waals surface area contributed by atoms with E-state index in [1.165, 1.54) is 54.5 Å². The Bertz CT molecular complexity index is 765. The normalized spacial score (nSPS) is 15.5. The average molecular weight is 316 g/mol. The fraction of sp³-hybridized carbons (Fsp3) is 0.318. The molecule has 2 heteroatoms. The Kier molecular flexibility index (Phi) is 4.46. The van der Waals surface area contributed by atoms with E-state index in [0.717, 1.165) is 6.54 Å². The summed E-state index contributed by atoms with van der Waals surface area (Å²) < 4.78 is 2.34. The highest BCUT2D eigenvalue weighted by molar-refractivity contribution is 5.63. The first-order valence-electron chi connectivity index (χ1n) is 9.04. The summed E-state index contributed by atoms with van der Waals surface area (Å²) in [7, 11) is 0. The predicted octanol–water partition coefficient (Wildman–Crippen LogP) is 5.65. The number of rotatable bonds is 4. The van der Waals surface area contributed by atoms with E-state index in [1.54, 1.807) is 0 Å². The van der Waals surface area contributed by atoms with Gasteiger partial charge in [0.15, 0.2) is 0 Å². The summed E-state index contributed by atoms with van der Waals surface area (Å²) in [5.41, 5.74) is 5.30. The zero-order valence-electron chi connectivity index (χ0n) is 14.1. The zero-order valence-corrected chi connectivity index (χ0v) is 14.1. The van der Waals surface area contributed by atoms with Gasteiger partial charge in [0, 0.05) is 24.4 Å². The lowest BCUT2D eigenvalue weighted by molar-refractivity contribution is 0.426. The van der Waals surface area contributed by atoms with Gasteiger partial charge in [0.1, 0.15) is 0 Å². The molecule has 122 valence electrons. The van der Waals surface area contributed by atoms with Crippen LogP contribution in [0, 0.1) is 0 Å². The molecule has 0 aliphatic heterocycles. The monoisotopic (exact) mass is 316 g/mol. The first-order valence-corrected chi connectivity index (χ1v) is 9.04. The molecule has 0 spiro atoms. The Hall–Kier alpha value is -2.35. The minimum atomic E-state index is 0.699. The standard InChI is InChI=1S/C22H24N2/c1-3-7-19(8-4-1)20-13-11-18(12-14-20)16-24-17-23-15-22(24)21-9-5-2-6-10-21/h1,3-4,7-8,11-15,17,21H,2,5-6,9-10,16H2. The predicted molar refractivity (Wildman–Crippen MR) is 99.0 cm³/mol. The Balaban J connectivity index is 1.51. The van der Waals surface area contributed by atoms with Crippen molar-refractivity contribution in [2.24, 2.45) is 0 Å². The van der Waals surface area contributed by atoms with Crippen molar-refractivity contribution in [3.8, 4) is 11.1 Å². The summed E-state index contributed by atoms with van der Waals surface area (Å²) in [5.74, 6) is 0.699. The quantitative estimate of drug-likeness (QED) is 0.608. The molecule has 1 saturated carbocycles. The van der Waals surface area contributed by atoms with Crippen LogP contribution in [0.3, 0.4) is 0 Å².